The summed E-state index contributed by atoms with van der Waals surface area (Å²) < 4.78 is 0. The van der Waals surface area contributed by atoms with Gasteiger partial charge in [-0.25, -0.2) is 0 Å². The molecule has 2 unspecified atom stereocenters. The summed E-state index contributed by atoms with van der Waals surface area (Å²) >= 11 is 1.97. The van der Waals surface area contributed by atoms with E-state index < -0.39 is 0 Å². The SMILES string of the molecule is CC(C)CC(NN)C1Cc2ccccc2S1. The first-order chi connectivity index (χ1) is 7.70. The Kier molecular flexibility index (Phi) is 3.90. The van der Waals surface area contributed by atoms with Crippen LogP contribution in [0.15, 0.2) is 29.2 Å². The summed E-state index contributed by atoms with van der Waals surface area (Å²) in [5.74, 6) is 6.36. The molecule has 0 saturated carbocycles. The van der Waals surface area contributed by atoms with E-state index in [-0.39, 0.29) is 0 Å². The van der Waals surface area contributed by atoms with E-state index in [4.69, 9.17) is 5.84 Å². The van der Waals surface area contributed by atoms with E-state index in [1.807, 2.05) is 11.8 Å². The summed E-state index contributed by atoms with van der Waals surface area (Å²) in [6.45, 7) is 4.49. The van der Waals surface area contributed by atoms with Crippen LogP contribution in [0.25, 0.3) is 0 Å². The minimum absolute atomic E-state index is 0.414. The Balaban J connectivity index is 2.04. The molecular weight excluding hydrogens is 216 g/mol. The van der Waals surface area contributed by atoms with Crippen LogP contribution in [0.1, 0.15) is 25.8 Å². The van der Waals surface area contributed by atoms with Gasteiger partial charge in [-0.3, -0.25) is 11.3 Å². The second-order valence-electron chi connectivity index (χ2n) is 4.87. The number of nitrogens with two attached hydrogens (primary N) is 1. The molecule has 1 heterocycles. The van der Waals surface area contributed by atoms with Crippen LogP contribution in [-0.2, 0) is 6.42 Å². The van der Waals surface area contributed by atoms with Crippen LogP contribution in [0.4, 0.5) is 0 Å². The molecule has 2 nitrogen and oxygen atoms in total. The van der Waals surface area contributed by atoms with Crippen LogP contribution in [0.2, 0.25) is 0 Å². The molecule has 1 aliphatic heterocycles. The predicted octanol–water partition coefficient (Wildman–Crippen LogP) is 2.58. The fourth-order valence-electron chi connectivity index (χ4n) is 2.27. The van der Waals surface area contributed by atoms with E-state index in [0.29, 0.717) is 17.2 Å². The third kappa shape index (κ3) is 2.59. The van der Waals surface area contributed by atoms with Gasteiger partial charge in [-0.1, -0.05) is 32.0 Å². The molecule has 0 saturated heterocycles. The molecule has 3 N–H and O–H groups in total. The molecule has 16 heavy (non-hydrogen) atoms. The molecule has 1 aromatic carbocycles. The Bertz CT molecular complexity index is 327. The van der Waals surface area contributed by atoms with Crippen molar-refractivity contribution in [1.29, 1.82) is 0 Å². The highest BCUT2D eigenvalue weighted by molar-refractivity contribution is 8.00. The molecule has 0 radical (unpaired) electrons. The summed E-state index contributed by atoms with van der Waals surface area (Å²) in [5, 5.41) is 0.588. The lowest BCUT2D eigenvalue weighted by Crippen LogP contribution is -2.43. The predicted molar refractivity (Wildman–Crippen MR) is 70.4 cm³/mol. The summed E-state index contributed by atoms with van der Waals surface area (Å²) in [4.78, 5) is 1.43. The maximum atomic E-state index is 5.67. The van der Waals surface area contributed by atoms with Crippen molar-refractivity contribution in [2.75, 3.05) is 0 Å². The van der Waals surface area contributed by atoms with Gasteiger partial charge < -0.3 is 0 Å². The topological polar surface area (TPSA) is 38.0 Å². The fraction of sp³-hybridized carbons (Fsp3) is 0.538. The van der Waals surface area contributed by atoms with Gasteiger partial charge in [0.15, 0.2) is 0 Å². The monoisotopic (exact) mass is 236 g/mol. The summed E-state index contributed by atoms with van der Waals surface area (Å²) in [6.07, 6.45) is 2.28. The van der Waals surface area contributed by atoms with Gasteiger partial charge in [0.2, 0.25) is 0 Å². The van der Waals surface area contributed by atoms with Crippen LogP contribution in [0, 0.1) is 5.92 Å². The molecule has 2 rings (SSSR count). The Morgan fingerprint density at radius 1 is 1.44 bits per heavy atom. The molecule has 0 amide bonds. The number of fused-ring (bicyclic) bond motifs is 1. The number of hydrogen-bond donors (Lipinski definition) is 2. The van der Waals surface area contributed by atoms with Gasteiger partial charge in [-0.05, 0) is 30.4 Å². The molecule has 1 aromatic rings. The highest BCUT2D eigenvalue weighted by Gasteiger charge is 2.28. The highest BCUT2D eigenvalue weighted by atomic mass is 32.2. The summed E-state index contributed by atoms with van der Waals surface area (Å²) in [7, 11) is 0. The lowest BCUT2D eigenvalue weighted by atomic mass is 9.98. The molecule has 88 valence electrons. The highest BCUT2D eigenvalue weighted by Crippen LogP contribution is 2.39. The Labute approximate surface area is 102 Å². The largest absolute Gasteiger partial charge is 0.271 e. The average Bonchev–Trinajstić information content (AvgIpc) is 2.68. The first-order valence-corrected chi connectivity index (χ1v) is 6.79. The number of nitrogens with one attached hydrogen (secondary N) is 1. The second-order valence-corrected chi connectivity index (χ2v) is 6.15. The van der Waals surface area contributed by atoms with Gasteiger partial charge >= 0.3 is 0 Å². The molecule has 0 fully saturated rings. The molecule has 3 heteroatoms. The minimum Gasteiger partial charge on any atom is -0.271 e. The quantitative estimate of drug-likeness (QED) is 0.623. The average molecular weight is 236 g/mol. The Morgan fingerprint density at radius 3 is 2.81 bits per heavy atom. The van der Waals surface area contributed by atoms with E-state index >= 15 is 0 Å². The van der Waals surface area contributed by atoms with Crippen molar-refractivity contribution in [1.82, 2.24) is 5.43 Å². The third-order valence-corrected chi connectivity index (χ3v) is 4.51. The molecular formula is C13H20N2S. The normalized spacial score (nSPS) is 21.1. The van der Waals surface area contributed by atoms with Crippen LogP contribution >= 0.6 is 11.8 Å². The summed E-state index contributed by atoms with van der Waals surface area (Å²) in [6, 6.07) is 9.09. The number of rotatable bonds is 4. The Morgan fingerprint density at radius 2 is 2.19 bits per heavy atom. The standard InChI is InChI=1S/C13H20N2S/c1-9(2)7-11(15-14)13-8-10-5-3-4-6-12(10)16-13/h3-6,9,11,13,15H,7-8,14H2,1-2H3. The van der Waals surface area contributed by atoms with Crippen molar-refractivity contribution in [3.05, 3.63) is 29.8 Å². The zero-order valence-electron chi connectivity index (χ0n) is 9.94. The van der Waals surface area contributed by atoms with E-state index in [9.17, 15) is 0 Å². The maximum Gasteiger partial charge on any atom is 0.0338 e. The van der Waals surface area contributed by atoms with E-state index in [2.05, 4.69) is 43.5 Å². The van der Waals surface area contributed by atoms with Gasteiger partial charge in [0.1, 0.15) is 0 Å². The lowest BCUT2D eigenvalue weighted by Gasteiger charge is -2.23. The first kappa shape index (κ1) is 12.0. The van der Waals surface area contributed by atoms with Crippen molar-refractivity contribution >= 4 is 11.8 Å². The first-order valence-electron chi connectivity index (χ1n) is 5.91. The lowest BCUT2D eigenvalue weighted by molar-refractivity contribution is 0.415. The van der Waals surface area contributed by atoms with Crippen molar-refractivity contribution in [2.45, 2.75) is 42.9 Å². The van der Waals surface area contributed by atoms with Gasteiger partial charge in [0.25, 0.3) is 0 Å². The fourth-order valence-corrected chi connectivity index (χ4v) is 3.67. The zero-order chi connectivity index (χ0) is 11.5. The molecule has 0 aliphatic carbocycles. The third-order valence-electron chi connectivity index (χ3n) is 3.06. The van der Waals surface area contributed by atoms with Gasteiger partial charge in [-0.15, -0.1) is 11.8 Å². The smallest absolute Gasteiger partial charge is 0.0338 e. The number of benzene rings is 1. The van der Waals surface area contributed by atoms with Gasteiger partial charge in [0, 0.05) is 16.2 Å². The molecule has 0 aromatic heterocycles. The van der Waals surface area contributed by atoms with Crippen LogP contribution in [-0.4, -0.2) is 11.3 Å². The molecule has 0 bridgehead atoms. The van der Waals surface area contributed by atoms with Crippen LogP contribution < -0.4 is 11.3 Å². The number of hydrogen-bond acceptors (Lipinski definition) is 3. The van der Waals surface area contributed by atoms with E-state index in [0.717, 1.165) is 12.8 Å². The van der Waals surface area contributed by atoms with Crippen molar-refractivity contribution in [2.24, 2.45) is 11.8 Å². The van der Waals surface area contributed by atoms with Gasteiger partial charge in [0.05, 0.1) is 0 Å². The van der Waals surface area contributed by atoms with E-state index in [1.165, 1.54) is 10.5 Å². The van der Waals surface area contributed by atoms with Crippen molar-refractivity contribution in [3.8, 4) is 0 Å². The number of thioether (sulfide) groups is 1. The van der Waals surface area contributed by atoms with Crippen molar-refractivity contribution in [3.63, 3.8) is 0 Å². The summed E-state index contributed by atoms with van der Waals surface area (Å²) in [5.41, 5.74) is 4.46. The number of hydrazine groups is 1. The van der Waals surface area contributed by atoms with E-state index in [1.54, 1.807) is 0 Å². The molecule has 0 spiro atoms. The minimum atomic E-state index is 0.414. The Hall–Kier alpha value is -0.510. The molecule has 2 atom stereocenters. The maximum absolute atomic E-state index is 5.67. The second kappa shape index (κ2) is 5.21. The van der Waals surface area contributed by atoms with Crippen LogP contribution in [0.3, 0.4) is 0 Å². The van der Waals surface area contributed by atoms with Gasteiger partial charge in [-0.2, -0.15) is 0 Å². The zero-order valence-corrected chi connectivity index (χ0v) is 10.8. The molecule has 1 aliphatic rings. The van der Waals surface area contributed by atoms with Crippen LogP contribution in [0.5, 0.6) is 0 Å². The van der Waals surface area contributed by atoms with Crippen molar-refractivity contribution < 1.29 is 0 Å².